The minimum Gasteiger partial charge on any atom is -0.456 e. The Morgan fingerprint density at radius 1 is 0.291 bits per heavy atom. The molecular weight excluding hydrogens is 671 g/mol. The molecule has 0 bridgehead atoms. The van der Waals surface area contributed by atoms with E-state index in [0.717, 1.165) is 88.6 Å². The molecule has 0 saturated carbocycles. The van der Waals surface area contributed by atoms with Crippen molar-refractivity contribution in [2.24, 2.45) is 0 Å². The van der Waals surface area contributed by atoms with E-state index in [0.29, 0.717) is 0 Å². The first-order valence-corrected chi connectivity index (χ1v) is 18.7. The summed E-state index contributed by atoms with van der Waals surface area (Å²) in [7, 11) is 0. The first-order valence-electron chi connectivity index (χ1n) is 18.7. The van der Waals surface area contributed by atoms with E-state index in [1.807, 2.05) is 0 Å². The highest BCUT2D eigenvalue weighted by atomic mass is 16.3. The van der Waals surface area contributed by atoms with Crippen molar-refractivity contribution in [3.8, 4) is 33.4 Å². The van der Waals surface area contributed by atoms with Crippen LogP contribution in [0.4, 0.5) is 17.1 Å². The Hall–Kier alpha value is -7.36. The maximum Gasteiger partial charge on any atom is 0.137 e. The first kappa shape index (κ1) is 31.2. The van der Waals surface area contributed by atoms with E-state index in [2.05, 4.69) is 205 Å². The highest BCUT2D eigenvalue weighted by Gasteiger charge is 2.23. The Bertz CT molecular complexity index is 3180. The summed E-state index contributed by atoms with van der Waals surface area (Å²) in [5.41, 5.74) is 13.5. The highest BCUT2D eigenvalue weighted by Crippen LogP contribution is 2.48. The molecule has 55 heavy (non-hydrogen) atoms. The lowest BCUT2D eigenvalue weighted by atomic mass is 9.94. The first-order chi connectivity index (χ1) is 27.3. The molecule has 2 heterocycles. The average molecular weight is 704 g/mol. The van der Waals surface area contributed by atoms with E-state index in [1.165, 1.54) is 16.5 Å². The van der Waals surface area contributed by atoms with Crippen LogP contribution in [-0.4, -0.2) is 0 Å². The smallest absolute Gasteiger partial charge is 0.137 e. The van der Waals surface area contributed by atoms with Crippen LogP contribution in [0, 0.1) is 0 Å². The van der Waals surface area contributed by atoms with Crippen molar-refractivity contribution in [2.75, 3.05) is 4.90 Å². The molecule has 0 amide bonds. The van der Waals surface area contributed by atoms with Gasteiger partial charge in [-0.2, -0.15) is 0 Å². The van der Waals surface area contributed by atoms with Gasteiger partial charge in [-0.05, 0) is 92.7 Å². The van der Waals surface area contributed by atoms with E-state index in [-0.39, 0.29) is 0 Å². The molecule has 0 unspecified atom stereocenters. The second-order valence-corrected chi connectivity index (χ2v) is 14.0. The fourth-order valence-corrected chi connectivity index (χ4v) is 8.38. The topological polar surface area (TPSA) is 29.5 Å². The van der Waals surface area contributed by atoms with Crippen molar-refractivity contribution in [3.05, 3.63) is 200 Å². The molecule has 3 heteroatoms. The normalized spacial score (nSPS) is 11.6. The summed E-state index contributed by atoms with van der Waals surface area (Å²) < 4.78 is 13.4. The van der Waals surface area contributed by atoms with Crippen molar-refractivity contribution in [2.45, 2.75) is 0 Å². The van der Waals surface area contributed by atoms with Gasteiger partial charge in [-0.1, -0.05) is 146 Å². The van der Waals surface area contributed by atoms with Crippen LogP contribution in [0.15, 0.2) is 209 Å². The quantitative estimate of drug-likeness (QED) is 0.173. The Labute approximate surface area is 317 Å². The number of rotatable bonds is 6. The van der Waals surface area contributed by atoms with Gasteiger partial charge < -0.3 is 13.7 Å². The molecule has 0 radical (unpaired) electrons. The van der Waals surface area contributed by atoms with Gasteiger partial charge in [-0.15, -0.1) is 0 Å². The molecule has 0 N–H and O–H groups in total. The molecule has 0 fully saturated rings. The third kappa shape index (κ3) is 5.13. The molecule has 11 rings (SSSR count). The molecule has 0 aliphatic carbocycles. The van der Waals surface area contributed by atoms with Gasteiger partial charge in [-0.3, -0.25) is 0 Å². The number of fused-ring (bicyclic) bond motifs is 8. The number of benzene rings is 9. The summed E-state index contributed by atoms with van der Waals surface area (Å²) in [5, 5.41) is 6.73. The van der Waals surface area contributed by atoms with Gasteiger partial charge >= 0.3 is 0 Å². The number of furan rings is 2. The van der Waals surface area contributed by atoms with Crippen molar-refractivity contribution < 1.29 is 8.83 Å². The fourth-order valence-electron chi connectivity index (χ4n) is 8.38. The van der Waals surface area contributed by atoms with Gasteiger partial charge in [0.1, 0.15) is 22.3 Å². The fraction of sp³-hybridized carbons (Fsp3) is 0. The number of anilines is 3. The third-order valence-corrected chi connectivity index (χ3v) is 10.9. The third-order valence-electron chi connectivity index (χ3n) is 10.9. The molecule has 258 valence electrons. The van der Waals surface area contributed by atoms with E-state index in [9.17, 15) is 0 Å². The van der Waals surface area contributed by atoms with Gasteiger partial charge in [0.2, 0.25) is 0 Å². The zero-order valence-corrected chi connectivity index (χ0v) is 29.8. The molecule has 2 aromatic heterocycles. The summed E-state index contributed by atoms with van der Waals surface area (Å²) in [6, 6.07) is 70.7. The van der Waals surface area contributed by atoms with Crippen LogP contribution in [0.5, 0.6) is 0 Å². The standard InChI is InChI=1S/C52H33NO2/c1-4-14-34(15-5-1)35-26-28-38(29-27-35)53(39-30-31-43-48(32-39)54-46-24-12-22-40(50(43)46)36-16-6-2-7-17-36)45-23-13-25-47-52(45)51-42-21-11-10-20-41(42)44(33-49(51)55-47)37-18-8-3-9-19-37/h1-33H. The summed E-state index contributed by atoms with van der Waals surface area (Å²) in [4.78, 5) is 2.34. The maximum absolute atomic E-state index is 6.78. The molecular formula is C52H33NO2. The van der Waals surface area contributed by atoms with Crippen molar-refractivity contribution >= 4 is 71.7 Å². The molecule has 9 aromatic carbocycles. The highest BCUT2D eigenvalue weighted by molar-refractivity contribution is 6.25. The van der Waals surface area contributed by atoms with E-state index >= 15 is 0 Å². The molecule has 11 aromatic rings. The number of nitrogens with zero attached hydrogens (tertiary/aromatic N) is 1. The van der Waals surface area contributed by atoms with Crippen LogP contribution < -0.4 is 4.90 Å². The Morgan fingerprint density at radius 3 is 1.58 bits per heavy atom. The summed E-state index contributed by atoms with van der Waals surface area (Å²) in [6.07, 6.45) is 0. The predicted octanol–water partition coefficient (Wildman–Crippen LogP) is 15.1. The van der Waals surface area contributed by atoms with Crippen LogP contribution in [-0.2, 0) is 0 Å². The Morgan fingerprint density at radius 2 is 0.855 bits per heavy atom. The van der Waals surface area contributed by atoms with Gasteiger partial charge in [-0.25, -0.2) is 0 Å². The van der Waals surface area contributed by atoms with Gasteiger partial charge in [0.15, 0.2) is 0 Å². The minimum atomic E-state index is 0.837. The average Bonchev–Trinajstić information content (AvgIpc) is 3.83. The molecule has 0 atom stereocenters. The number of hydrogen-bond donors (Lipinski definition) is 0. The van der Waals surface area contributed by atoms with Crippen molar-refractivity contribution in [1.82, 2.24) is 0 Å². The van der Waals surface area contributed by atoms with Crippen LogP contribution in [0.3, 0.4) is 0 Å². The Balaban J connectivity index is 1.16. The van der Waals surface area contributed by atoms with Crippen LogP contribution in [0.25, 0.3) is 88.0 Å². The molecule has 0 aliphatic heterocycles. The zero-order valence-electron chi connectivity index (χ0n) is 29.8. The molecule has 3 nitrogen and oxygen atoms in total. The van der Waals surface area contributed by atoms with Crippen molar-refractivity contribution in [1.29, 1.82) is 0 Å². The summed E-state index contributed by atoms with van der Waals surface area (Å²) in [5.74, 6) is 0. The molecule has 0 aliphatic rings. The van der Waals surface area contributed by atoms with Gasteiger partial charge in [0.05, 0.1) is 11.1 Å². The minimum absolute atomic E-state index is 0.837. The molecule has 0 spiro atoms. The van der Waals surface area contributed by atoms with Gasteiger partial charge in [0, 0.05) is 33.6 Å². The zero-order chi connectivity index (χ0) is 36.3. The van der Waals surface area contributed by atoms with E-state index in [1.54, 1.807) is 0 Å². The lowest BCUT2D eigenvalue weighted by molar-refractivity contribution is 0.669. The van der Waals surface area contributed by atoms with E-state index < -0.39 is 0 Å². The van der Waals surface area contributed by atoms with Crippen LogP contribution in [0.1, 0.15) is 0 Å². The second kappa shape index (κ2) is 12.6. The van der Waals surface area contributed by atoms with Crippen molar-refractivity contribution in [3.63, 3.8) is 0 Å². The SMILES string of the molecule is c1ccc(-c2ccc(N(c3ccc4c(c3)oc3cccc(-c5ccccc5)c34)c3cccc4oc5cc(-c6ccccc6)c6ccccc6c5c34)cc2)cc1. The molecule has 0 saturated heterocycles. The largest absolute Gasteiger partial charge is 0.456 e. The lowest BCUT2D eigenvalue weighted by Crippen LogP contribution is -2.10. The monoisotopic (exact) mass is 703 g/mol. The second-order valence-electron chi connectivity index (χ2n) is 14.0. The summed E-state index contributed by atoms with van der Waals surface area (Å²) >= 11 is 0. The predicted molar refractivity (Wildman–Crippen MR) is 229 cm³/mol. The number of hydrogen-bond acceptors (Lipinski definition) is 3. The van der Waals surface area contributed by atoms with Crippen LogP contribution >= 0.6 is 0 Å². The lowest BCUT2D eigenvalue weighted by Gasteiger charge is -2.26. The summed E-state index contributed by atoms with van der Waals surface area (Å²) in [6.45, 7) is 0. The maximum atomic E-state index is 6.78. The van der Waals surface area contributed by atoms with Gasteiger partial charge in [0.25, 0.3) is 0 Å². The van der Waals surface area contributed by atoms with E-state index in [4.69, 9.17) is 8.83 Å². The Kier molecular flexibility index (Phi) is 7.17. The van der Waals surface area contributed by atoms with Crippen LogP contribution in [0.2, 0.25) is 0 Å².